The third-order valence-corrected chi connectivity index (χ3v) is 2.80. The van der Waals surface area contributed by atoms with Crippen LogP contribution in [0.25, 0.3) is 11.0 Å². The molecule has 0 unspecified atom stereocenters. The van der Waals surface area contributed by atoms with E-state index in [1.165, 1.54) is 10.9 Å². The highest BCUT2D eigenvalue weighted by molar-refractivity contribution is 5.72. The van der Waals surface area contributed by atoms with Crippen molar-refractivity contribution in [2.45, 2.75) is 19.4 Å². The van der Waals surface area contributed by atoms with Crippen LogP contribution in [0.2, 0.25) is 0 Å². The largest absolute Gasteiger partial charge is 0.297 e. The molecular weight excluding hydrogens is 242 g/mol. The van der Waals surface area contributed by atoms with Crippen molar-refractivity contribution in [3.8, 4) is 12.1 Å². The molecule has 0 bridgehead atoms. The van der Waals surface area contributed by atoms with Gasteiger partial charge in [-0.05, 0) is 18.6 Å². The van der Waals surface area contributed by atoms with Crippen LogP contribution in [0.15, 0.2) is 29.5 Å². The molecule has 0 aliphatic rings. The predicted molar refractivity (Wildman–Crippen MR) is 67.7 cm³/mol. The van der Waals surface area contributed by atoms with Crippen LogP contribution < -0.4 is 5.56 Å². The molecule has 0 amide bonds. The summed E-state index contributed by atoms with van der Waals surface area (Å²) in [7, 11) is 0. The molecule has 0 saturated heterocycles. The first-order valence-electron chi connectivity index (χ1n) is 5.83. The van der Waals surface area contributed by atoms with E-state index in [-0.39, 0.29) is 18.0 Å². The summed E-state index contributed by atoms with van der Waals surface area (Å²) in [5, 5.41) is 18.0. The first kappa shape index (κ1) is 12.7. The Balaban J connectivity index is 2.31. The van der Waals surface area contributed by atoms with Crippen molar-refractivity contribution in [3.05, 3.63) is 35.0 Å². The summed E-state index contributed by atoms with van der Waals surface area (Å²) in [6.07, 6.45) is 3.72. The van der Waals surface area contributed by atoms with Gasteiger partial charge in [0.15, 0.2) is 5.65 Å². The van der Waals surface area contributed by atoms with Gasteiger partial charge in [-0.2, -0.15) is 10.5 Å². The molecule has 2 aromatic heterocycles. The summed E-state index contributed by atoms with van der Waals surface area (Å²) in [6.45, 7) is 0.245. The van der Waals surface area contributed by atoms with Gasteiger partial charge in [0.1, 0.15) is 6.33 Å². The molecule has 19 heavy (non-hydrogen) atoms. The Morgan fingerprint density at radius 3 is 2.95 bits per heavy atom. The lowest BCUT2D eigenvalue weighted by Gasteiger charge is -2.09. The van der Waals surface area contributed by atoms with E-state index in [9.17, 15) is 4.79 Å². The molecule has 0 fully saturated rings. The fraction of sp³-hybridized carbons (Fsp3) is 0.308. The average molecular weight is 253 g/mol. The van der Waals surface area contributed by atoms with Crippen LogP contribution in [0, 0.1) is 28.6 Å². The maximum absolute atomic E-state index is 12.2. The zero-order chi connectivity index (χ0) is 13.7. The second kappa shape index (κ2) is 5.74. The quantitative estimate of drug-likeness (QED) is 0.816. The zero-order valence-electron chi connectivity index (χ0n) is 10.2. The number of aromatic nitrogens is 3. The van der Waals surface area contributed by atoms with Gasteiger partial charge in [-0.25, -0.2) is 9.97 Å². The summed E-state index contributed by atoms with van der Waals surface area (Å²) < 4.78 is 1.40. The standard InChI is InChI=1S/C13H11N5O/c14-5-1-3-10(7-15)8-18-9-17-12-11(13(18)19)4-2-6-16-12/h2,4,6,9-10H,1,3,8H2/t10-/m0/s1. The topological polar surface area (TPSA) is 95.4 Å². The Morgan fingerprint density at radius 2 is 2.21 bits per heavy atom. The van der Waals surface area contributed by atoms with Crippen molar-refractivity contribution in [2.24, 2.45) is 5.92 Å². The van der Waals surface area contributed by atoms with Gasteiger partial charge in [-0.15, -0.1) is 0 Å². The first-order chi connectivity index (χ1) is 9.26. The van der Waals surface area contributed by atoms with Gasteiger partial charge in [-0.1, -0.05) is 0 Å². The summed E-state index contributed by atoms with van der Waals surface area (Å²) in [6, 6.07) is 7.44. The maximum atomic E-state index is 12.2. The molecular formula is C13H11N5O. The molecule has 0 spiro atoms. The lowest BCUT2D eigenvalue weighted by Crippen LogP contribution is -2.24. The van der Waals surface area contributed by atoms with E-state index in [1.807, 2.05) is 6.07 Å². The summed E-state index contributed by atoms with van der Waals surface area (Å²) >= 11 is 0. The minimum atomic E-state index is -0.367. The Bertz CT molecular complexity index is 722. The summed E-state index contributed by atoms with van der Waals surface area (Å²) in [5.41, 5.74) is 0.185. The number of pyridine rings is 1. The number of fused-ring (bicyclic) bond motifs is 1. The van der Waals surface area contributed by atoms with E-state index in [2.05, 4.69) is 16.0 Å². The first-order valence-corrected chi connectivity index (χ1v) is 5.83. The van der Waals surface area contributed by atoms with E-state index in [4.69, 9.17) is 10.5 Å². The maximum Gasteiger partial charge on any atom is 0.262 e. The Morgan fingerprint density at radius 1 is 1.37 bits per heavy atom. The van der Waals surface area contributed by atoms with Crippen LogP contribution in [0.5, 0.6) is 0 Å². The second-order valence-electron chi connectivity index (χ2n) is 4.10. The summed E-state index contributed by atoms with van der Waals surface area (Å²) in [4.78, 5) is 20.2. The molecule has 6 heteroatoms. The van der Waals surface area contributed by atoms with E-state index in [1.54, 1.807) is 18.3 Å². The molecule has 2 heterocycles. The van der Waals surface area contributed by atoms with Crippen LogP contribution in [0.1, 0.15) is 12.8 Å². The second-order valence-corrected chi connectivity index (χ2v) is 4.10. The van der Waals surface area contributed by atoms with Gasteiger partial charge in [0.2, 0.25) is 0 Å². The lowest BCUT2D eigenvalue weighted by atomic mass is 10.1. The van der Waals surface area contributed by atoms with Gasteiger partial charge < -0.3 is 0 Å². The Hall–Kier alpha value is -2.73. The van der Waals surface area contributed by atoms with Crippen LogP contribution >= 0.6 is 0 Å². The smallest absolute Gasteiger partial charge is 0.262 e. The Kier molecular flexibility index (Phi) is 3.84. The predicted octanol–water partition coefficient (Wildman–Crippen LogP) is 1.24. The number of nitrogens with zero attached hydrogens (tertiary/aromatic N) is 5. The molecule has 0 aliphatic carbocycles. The fourth-order valence-corrected chi connectivity index (χ4v) is 1.80. The molecule has 94 valence electrons. The minimum Gasteiger partial charge on any atom is -0.297 e. The van der Waals surface area contributed by atoms with Crippen molar-refractivity contribution >= 4 is 11.0 Å². The molecule has 0 saturated carbocycles. The third kappa shape index (κ3) is 2.75. The molecule has 0 N–H and O–H groups in total. The normalized spacial score (nSPS) is 11.7. The van der Waals surface area contributed by atoms with Crippen LogP contribution in [-0.2, 0) is 6.54 Å². The number of rotatable bonds is 4. The number of nitriles is 2. The molecule has 6 nitrogen and oxygen atoms in total. The van der Waals surface area contributed by atoms with E-state index in [0.717, 1.165) is 0 Å². The number of hydrogen-bond acceptors (Lipinski definition) is 5. The van der Waals surface area contributed by atoms with Gasteiger partial charge in [0, 0.05) is 19.2 Å². The molecule has 1 atom stereocenters. The van der Waals surface area contributed by atoms with Gasteiger partial charge >= 0.3 is 0 Å². The molecule has 2 rings (SSSR count). The highest BCUT2D eigenvalue weighted by Gasteiger charge is 2.11. The monoisotopic (exact) mass is 253 g/mol. The van der Waals surface area contributed by atoms with Gasteiger partial charge in [-0.3, -0.25) is 9.36 Å². The highest BCUT2D eigenvalue weighted by Crippen LogP contribution is 2.08. The SMILES string of the molecule is N#CCC[C@@H](C#N)Cn1cnc2ncccc2c1=O. The lowest BCUT2D eigenvalue weighted by molar-refractivity contribution is 0.498. The van der Waals surface area contributed by atoms with Crippen molar-refractivity contribution in [1.82, 2.24) is 14.5 Å². The van der Waals surface area contributed by atoms with Crippen molar-refractivity contribution in [2.75, 3.05) is 0 Å². The van der Waals surface area contributed by atoms with E-state index < -0.39 is 0 Å². The number of hydrogen-bond donors (Lipinski definition) is 0. The third-order valence-electron chi connectivity index (χ3n) is 2.80. The Labute approximate surface area is 109 Å². The molecule has 2 aromatic rings. The van der Waals surface area contributed by atoms with Gasteiger partial charge in [0.05, 0.1) is 23.4 Å². The van der Waals surface area contributed by atoms with Crippen LogP contribution in [0.3, 0.4) is 0 Å². The minimum absolute atomic E-state index is 0.213. The average Bonchev–Trinajstić information content (AvgIpc) is 2.46. The zero-order valence-corrected chi connectivity index (χ0v) is 10.2. The summed E-state index contributed by atoms with van der Waals surface area (Å²) in [5.74, 6) is -0.367. The fourth-order valence-electron chi connectivity index (χ4n) is 1.80. The highest BCUT2D eigenvalue weighted by atomic mass is 16.1. The van der Waals surface area contributed by atoms with Crippen molar-refractivity contribution < 1.29 is 0 Å². The van der Waals surface area contributed by atoms with Crippen molar-refractivity contribution in [1.29, 1.82) is 10.5 Å². The van der Waals surface area contributed by atoms with Crippen LogP contribution in [-0.4, -0.2) is 14.5 Å². The van der Waals surface area contributed by atoms with Gasteiger partial charge in [0.25, 0.3) is 5.56 Å². The van der Waals surface area contributed by atoms with Crippen molar-refractivity contribution in [3.63, 3.8) is 0 Å². The molecule has 0 aromatic carbocycles. The van der Waals surface area contributed by atoms with Crippen LogP contribution in [0.4, 0.5) is 0 Å². The van der Waals surface area contributed by atoms with E-state index >= 15 is 0 Å². The molecule has 0 radical (unpaired) electrons. The van der Waals surface area contributed by atoms with E-state index in [0.29, 0.717) is 23.9 Å². The molecule has 0 aliphatic heterocycles.